The molecule has 0 N–H and O–H groups in total. The summed E-state index contributed by atoms with van der Waals surface area (Å²) >= 11 is 0. The van der Waals surface area contributed by atoms with Crippen LogP contribution in [0.25, 0.3) is 0 Å². The molecule has 4 heteroatoms. The highest BCUT2D eigenvalue weighted by atomic mass is 19.1. The molecular weight excluding hydrogens is 258 g/mol. The van der Waals surface area contributed by atoms with E-state index in [9.17, 15) is 8.78 Å². The SMILES string of the molecule is Fc1ccc(CN2CCN(CC3CCC3)CC2)c(F)c1. The van der Waals surface area contributed by atoms with Gasteiger partial charge in [-0.05, 0) is 24.8 Å². The van der Waals surface area contributed by atoms with Crippen LogP contribution < -0.4 is 0 Å². The highest BCUT2D eigenvalue weighted by Crippen LogP contribution is 2.27. The van der Waals surface area contributed by atoms with Gasteiger partial charge < -0.3 is 4.90 Å². The van der Waals surface area contributed by atoms with Crippen molar-refractivity contribution in [1.82, 2.24) is 9.80 Å². The molecule has 110 valence electrons. The number of nitrogens with zero attached hydrogens (tertiary/aromatic N) is 2. The van der Waals surface area contributed by atoms with Crippen LogP contribution in [0.15, 0.2) is 18.2 Å². The van der Waals surface area contributed by atoms with Crippen molar-refractivity contribution in [1.29, 1.82) is 0 Å². The predicted octanol–water partition coefficient (Wildman–Crippen LogP) is 2.88. The summed E-state index contributed by atoms with van der Waals surface area (Å²) in [5, 5.41) is 0. The van der Waals surface area contributed by atoms with Gasteiger partial charge in [0.15, 0.2) is 0 Å². The second-order valence-electron chi connectivity index (χ2n) is 6.11. The van der Waals surface area contributed by atoms with E-state index >= 15 is 0 Å². The van der Waals surface area contributed by atoms with Crippen LogP contribution in [0.1, 0.15) is 24.8 Å². The van der Waals surface area contributed by atoms with Gasteiger partial charge in [-0.15, -0.1) is 0 Å². The van der Waals surface area contributed by atoms with Gasteiger partial charge in [0.05, 0.1) is 0 Å². The number of halogens is 2. The third-order valence-electron chi connectivity index (χ3n) is 4.62. The van der Waals surface area contributed by atoms with Crippen LogP contribution in [0.4, 0.5) is 8.78 Å². The van der Waals surface area contributed by atoms with E-state index in [0.717, 1.165) is 38.2 Å². The van der Waals surface area contributed by atoms with Crippen molar-refractivity contribution in [2.75, 3.05) is 32.7 Å². The van der Waals surface area contributed by atoms with Crippen LogP contribution in [-0.2, 0) is 6.54 Å². The zero-order valence-electron chi connectivity index (χ0n) is 11.8. The predicted molar refractivity (Wildman–Crippen MR) is 75.4 cm³/mol. The van der Waals surface area contributed by atoms with Crippen molar-refractivity contribution in [2.24, 2.45) is 5.92 Å². The fourth-order valence-electron chi connectivity index (χ4n) is 3.06. The number of rotatable bonds is 4. The maximum absolute atomic E-state index is 13.6. The van der Waals surface area contributed by atoms with E-state index in [0.29, 0.717) is 12.1 Å². The summed E-state index contributed by atoms with van der Waals surface area (Å²) in [6.45, 7) is 5.91. The summed E-state index contributed by atoms with van der Waals surface area (Å²) in [4.78, 5) is 4.79. The standard InChI is InChI=1S/C16H22F2N2/c17-15-5-4-14(16(18)10-15)12-20-8-6-19(7-9-20)11-13-2-1-3-13/h4-5,10,13H,1-3,6-9,11-12H2. The van der Waals surface area contributed by atoms with E-state index in [1.807, 2.05) is 0 Å². The molecule has 1 saturated heterocycles. The third-order valence-corrected chi connectivity index (χ3v) is 4.62. The first-order chi connectivity index (χ1) is 9.70. The smallest absolute Gasteiger partial charge is 0.130 e. The summed E-state index contributed by atoms with van der Waals surface area (Å²) in [5.74, 6) is -0.0189. The van der Waals surface area contributed by atoms with Crippen molar-refractivity contribution < 1.29 is 8.78 Å². The van der Waals surface area contributed by atoms with Crippen molar-refractivity contribution in [2.45, 2.75) is 25.8 Å². The van der Waals surface area contributed by atoms with E-state index in [4.69, 9.17) is 0 Å². The first-order valence-corrected chi connectivity index (χ1v) is 7.59. The second kappa shape index (κ2) is 6.19. The Morgan fingerprint density at radius 1 is 1.00 bits per heavy atom. The molecule has 20 heavy (non-hydrogen) atoms. The molecule has 1 aromatic carbocycles. The van der Waals surface area contributed by atoms with Gasteiger partial charge in [-0.2, -0.15) is 0 Å². The van der Waals surface area contributed by atoms with Crippen LogP contribution in [0.3, 0.4) is 0 Å². The molecule has 0 atom stereocenters. The number of hydrogen-bond donors (Lipinski definition) is 0. The molecule has 1 saturated carbocycles. The van der Waals surface area contributed by atoms with Gasteiger partial charge in [0.1, 0.15) is 11.6 Å². The van der Waals surface area contributed by atoms with Gasteiger partial charge in [-0.1, -0.05) is 12.5 Å². The van der Waals surface area contributed by atoms with E-state index < -0.39 is 11.6 Å². The van der Waals surface area contributed by atoms with Crippen LogP contribution >= 0.6 is 0 Å². The van der Waals surface area contributed by atoms with E-state index in [1.165, 1.54) is 31.9 Å². The maximum Gasteiger partial charge on any atom is 0.130 e. The number of hydrogen-bond acceptors (Lipinski definition) is 2. The molecule has 0 unspecified atom stereocenters. The van der Waals surface area contributed by atoms with Crippen molar-refractivity contribution in [3.8, 4) is 0 Å². The molecular formula is C16H22F2N2. The molecule has 2 aliphatic rings. The molecule has 0 aromatic heterocycles. The van der Waals surface area contributed by atoms with Crippen LogP contribution in [-0.4, -0.2) is 42.5 Å². The minimum atomic E-state index is -0.503. The summed E-state index contributed by atoms with van der Waals surface area (Å²) in [5.41, 5.74) is 0.596. The lowest BCUT2D eigenvalue weighted by molar-refractivity contribution is 0.0961. The molecule has 1 aliphatic carbocycles. The highest BCUT2D eigenvalue weighted by Gasteiger charge is 2.23. The van der Waals surface area contributed by atoms with Crippen LogP contribution in [0.2, 0.25) is 0 Å². The van der Waals surface area contributed by atoms with Crippen molar-refractivity contribution in [3.63, 3.8) is 0 Å². The average molecular weight is 280 g/mol. The Hall–Kier alpha value is -1.00. The van der Waals surface area contributed by atoms with Gasteiger partial charge in [0, 0.05) is 50.9 Å². The summed E-state index contributed by atoms with van der Waals surface area (Å²) < 4.78 is 26.5. The minimum Gasteiger partial charge on any atom is -0.301 e. The Balaban J connectivity index is 1.48. The Morgan fingerprint density at radius 3 is 2.30 bits per heavy atom. The van der Waals surface area contributed by atoms with Gasteiger partial charge in [-0.3, -0.25) is 4.90 Å². The van der Waals surface area contributed by atoms with Gasteiger partial charge in [0.25, 0.3) is 0 Å². The van der Waals surface area contributed by atoms with Gasteiger partial charge >= 0.3 is 0 Å². The van der Waals surface area contributed by atoms with Crippen molar-refractivity contribution in [3.05, 3.63) is 35.4 Å². The zero-order chi connectivity index (χ0) is 13.9. The summed E-state index contributed by atoms with van der Waals surface area (Å²) in [6.07, 6.45) is 4.18. The second-order valence-corrected chi connectivity index (χ2v) is 6.11. The molecule has 0 bridgehead atoms. The zero-order valence-corrected chi connectivity index (χ0v) is 11.8. The Bertz CT molecular complexity index is 452. The van der Waals surface area contributed by atoms with Crippen LogP contribution in [0, 0.1) is 17.6 Å². The topological polar surface area (TPSA) is 6.48 Å². The average Bonchev–Trinajstić information content (AvgIpc) is 2.39. The fourth-order valence-corrected chi connectivity index (χ4v) is 3.06. The summed E-state index contributed by atoms with van der Waals surface area (Å²) in [7, 11) is 0. The molecule has 1 aromatic rings. The van der Waals surface area contributed by atoms with E-state index in [2.05, 4.69) is 9.80 Å². The Morgan fingerprint density at radius 2 is 1.70 bits per heavy atom. The highest BCUT2D eigenvalue weighted by molar-refractivity contribution is 5.18. The Labute approximate surface area is 119 Å². The molecule has 2 nitrogen and oxygen atoms in total. The molecule has 0 radical (unpaired) electrons. The normalized spacial score (nSPS) is 21.9. The largest absolute Gasteiger partial charge is 0.301 e. The van der Waals surface area contributed by atoms with Crippen LogP contribution in [0.5, 0.6) is 0 Å². The molecule has 1 heterocycles. The number of benzene rings is 1. The third kappa shape index (κ3) is 3.36. The van der Waals surface area contributed by atoms with Gasteiger partial charge in [-0.25, -0.2) is 8.78 Å². The minimum absolute atomic E-state index is 0.429. The lowest BCUT2D eigenvalue weighted by Gasteiger charge is -2.38. The lowest BCUT2D eigenvalue weighted by Crippen LogP contribution is -2.47. The quantitative estimate of drug-likeness (QED) is 0.837. The first kappa shape index (κ1) is 14.0. The summed E-state index contributed by atoms with van der Waals surface area (Å²) in [6, 6.07) is 3.87. The number of piperazine rings is 1. The van der Waals surface area contributed by atoms with E-state index in [1.54, 1.807) is 6.07 Å². The molecule has 3 rings (SSSR count). The first-order valence-electron chi connectivity index (χ1n) is 7.59. The van der Waals surface area contributed by atoms with Crippen molar-refractivity contribution >= 4 is 0 Å². The maximum atomic E-state index is 13.6. The van der Waals surface area contributed by atoms with E-state index in [-0.39, 0.29) is 0 Å². The molecule has 0 spiro atoms. The Kier molecular flexibility index (Phi) is 4.32. The lowest BCUT2D eigenvalue weighted by atomic mass is 9.85. The molecule has 2 fully saturated rings. The van der Waals surface area contributed by atoms with Gasteiger partial charge in [0.2, 0.25) is 0 Å². The monoisotopic (exact) mass is 280 g/mol. The molecule has 1 aliphatic heterocycles. The fraction of sp³-hybridized carbons (Fsp3) is 0.625. The molecule has 0 amide bonds.